The predicted molar refractivity (Wildman–Crippen MR) is 74.1 cm³/mol. The van der Waals surface area contributed by atoms with Crippen LogP contribution in [0.1, 0.15) is 49.8 Å². The maximum absolute atomic E-state index is 12.3. The van der Waals surface area contributed by atoms with Gasteiger partial charge in [0.05, 0.1) is 11.2 Å². The fourth-order valence-corrected chi connectivity index (χ4v) is 2.31. The highest BCUT2D eigenvalue weighted by Gasteiger charge is 2.28. The summed E-state index contributed by atoms with van der Waals surface area (Å²) >= 11 is 5.99. The summed E-state index contributed by atoms with van der Waals surface area (Å²) in [6.07, 6.45) is 2.46. The van der Waals surface area contributed by atoms with Crippen molar-refractivity contribution in [2.45, 2.75) is 45.6 Å². The molecule has 0 fully saturated rings. The number of nitrogens with one attached hydrogen (secondary N) is 1. The van der Waals surface area contributed by atoms with Crippen molar-refractivity contribution in [2.24, 2.45) is 7.05 Å². The smallest absolute Gasteiger partial charge is 0.270 e. The van der Waals surface area contributed by atoms with Crippen LogP contribution in [0.2, 0.25) is 0 Å². The lowest BCUT2D eigenvalue weighted by Crippen LogP contribution is -2.49. The lowest BCUT2D eigenvalue weighted by Gasteiger charge is -2.30. The van der Waals surface area contributed by atoms with Crippen LogP contribution in [-0.2, 0) is 13.5 Å². The molecule has 5 heteroatoms. The summed E-state index contributed by atoms with van der Waals surface area (Å²) in [4.78, 5) is 12.3. The van der Waals surface area contributed by atoms with Crippen LogP contribution in [0, 0.1) is 0 Å². The fraction of sp³-hybridized carbons (Fsp3) is 0.692. The summed E-state index contributed by atoms with van der Waals surface area (Å²) < 4.78 is 1.62. The van der Waals surface area contributed by atoms with Crippen LogP contribution in [0.25, 0.3) is 0 Å². The second kappa shape index (κ2) is 6.23. The van der Waals surface area contributed by atoms with E-state index in [2.05, 4.69) is 10.4 Å². The van der Waals surface area contributed by atoms with E-state index in [0.29, 0.717) is 11.6 Å². The zero-order valence-corrected chi connectivity index (χ0v) is 12.3. The first-order valence-corrected chi connectivity index (χ1v) is 6.96. The predicted octanol–water partition coefficient (Wildman–Crippen LogP) is 2.51. The minimum atomic E-state index is -0.324. The Morgan fingerprint density at radius 2 is 2.06 bits per heavy atom. The molecular weight excluding hydrogens is 250 g/mol. The minimum Gasteiger partial charge on any atom is -0.344 e. The fourth-order valence-electron chi connectivity index (χ4n) is 1.87. The van der Waals surface area contributed by atoms with Crippen molar-refractivity contribution >= 4 is 17.5 Å². The molecular formula is C13H22ClN3O. The van der Waals surface area contributed by atoms with Gasteiger partial charge in [-0.1, -0.05) is 20.8 Å². The van der Waals surface area contributed by atoms with Crippen molar-refractivity contribution in [1.29, 1.82) is 0 Å². The van der Waals surface area contributed by atoms with Gasteiger partial charge in [-0.15, -0.1) is 11.6 Å². The van der Waals surface area contributed by atoms with E-state index in [4.69, 9.17) is 11.6 Å². The molecule has 102 valence electrons. The van der Waals surface area contributed by atoms with E-state index >= 15 is 0 Å². The van der Waals surface area contributed by atoms with Crippen molar-refractivity contribution in [3.05, 3.63) is 17.5 Å². The Morgan fingerprint density at radius 3 is 2.44 bits per heavy atom. The van der Waals surface area contributed by atoms with Gasteiger partial charge in [0, 0.05) is 12.9 Å². The molecule has 1 amide bonds. The van der Waals surface area contributed by atoms with Gasteiger partial charge < -0.3 is 5.32 Å². The first kappa shape index (κ1) is 15.0. The van der Waals surface area contributed by atoms with Gasteiger partial charge in [-0.05, 0) is 25.3 Å². The van der Waals surface area contributed by atoms with Crippen LogP contribution in [0.15, 0.2) is 6.07 Å². The number of carbonyl (C=O) groups is 1. The molecule has 0 atom stereocenters. The summed E-state index contributed by atoms with van der Waals surface area (Å²) in [6.45, 7) is 6.09. The highest BCUT2D eigenvalue weighted by molar-refractivity contribution is 6.18. The number of halogens is 1. The summed E-state index contributed by atoms with van der Waals surface area (Å²) in [5, 5.41) is 7.32. The van der Waals surface area contributed by atoms with E-state index in [9.17, 15) is 4.79 Å². The number of aromatic nitrogens is 2. The molecule has 0 radical (unpaired) electrons. The van der Waals surface area contributed by atoms with Gasteiger partial charge in [-0.3, -0.25) is 9.48 Å². The van der Waals surface area contributed by atoms with Gasteiger partial charge in [0.15, 0.2) is 0 Å². The second-order valence-electron chi connectivity index (χ2n) is 4.57. The van der Waals surface area contributed by atoms with Crippen molar-refractivity contribution < 1.29 is 4.79 Å². The van der Waals surface area contributed by atoms with Crippen molar-refractivity contribution in [3.8, 4) is 0 Å². The molecule has 4 nitrogen and oxygen atoms in total. The number of rotatable bonds is 6. The van der Waals surface area contributed by atoms with Crippen LogP contribution in [0.4, 0.5) is 0 Å². The number of amides is 1. The molecule has 0 spiro atoms. The quantitative estimate of drug-likeness (QED) is 0.808. The molecule has 1 aromatic heterocycles. The lowest BCUT2D eigenvalue weighted by atomic mass is 9.95. The summed E-state index contributed by atoms with van der Waals surface area (Å²) in [5.41, 5.74) is 1.19. The topological polar surface area (TPSA) is 46.9 Å². The molecule has 1 rings (SSSR count). The number of carbonyl (C=O) groups excluding carboxylic acids is 1. The van der Waals surface area contributed by atoms with E-state index in [0.717, 1.165) is 25.0 Å². The molecule has 1 aromatic rings. The van der Waals surface area contributed by atoms with Crippen molar-refractivity contribution in [3.63, 3.8) is 0 Å². The van der Waals surface area contributed by atoms with E-state index in [1.54, 1.807) is 11.7 Å². The zero-order valence-electron chi connectivity index (χ0n) is 11.6. The molecule has 0 aromatic carbocycles. The highest BCUT2D eigenvalue weighted by atomic mass is 35.5. The molecule has 0 aliphatic heterocycles. The molecule has 1 heterocycles. The normalized spacial score (nSPS) is 11.6. The molecule has 18 heavy (non-hydrogen) atoms. The van der Waals surface area contributed by atoms with Crippen LogP contribution in [0.3, 0.4) is 0 Å². The highest BCUT2D eigenvalue weighted by Crippen LogP contribution is 2.18. The van der Waals surface area contributed by atoms with Crippen molar-refractivity contribution in [1.82, 2.24) is 15.1 Å². The molecule has 0 unspecified atom stereocenters. The summed E-state index contributed by atoms with van der Waals surface area (Å²) in [7, 11) is 1.79. The lowest BCUT2D eigenvalue weighted by molar-refractivity contribution is 0.0892. The number of alkyl halides is 1. The van der Waals surface area contributed by atoms with E-state index in [1.165, 1.54) is 0 Å². The van der Waals surface area contributed by atoms with E-state index in [-0.39, 0.29) is 11.4 Å². The summed E-state index contributed by atoms with van der Waals surface area (Å²) in [6, 6.07) is 1.83. The van der Waals surface area contributed by atoms with Gasteiger partial charge in [-0.2, -0.15) is 5.10 Å². The second-order valence-corrected chi connectivity index (χ2v) is 4.84. The molecule has 0 saturated carbocycles. The molecule has 0 saturated heterocycles. The van der Waals surface area contributed by atoms with Crippen LogP contribution in [0.5, 0.6) is 0 Å². The van der Waals surface area contributed by atoms with E-state index < -0.39 is 0 Å². The molecule has 0 aliphatic rings. The molecule has 0 aliphatic carbocycles. The Labute approximate surface area is 114 Å². The number of nitrogens with zero attached hydrogens (tertiary/aromatic N) is 2. The van der Waals surface area contributed by atoms with Gasteiger partial charge in [0.2, 0.25) is 0 Å². The van der Waals surface area contributed by atoms with E-state index in [1.807, 2.05) is 26.8 Å². The van der Waals surface area contributed by atoms with Gasteiger partial charge in [-0.25, -0.2) is 0 Å². The number of hydrogen-bond acceptors (Lipinski definition) is 2. The third-order valence-electron chi connectivity index (χ3n) is 3.51. The van der Waals surface area contributed by atoms with Crippen LogP contribution < -0.4 is 5.32 Å². The van der Waals surface area contributed by atoms with Gasteiger partial charge >= 0.3 is 0 Å². The standard InChI is InChI=1S/C13H22ClN3O/c1-5-10-8-11(17(4)16-10)12(18)15-13(6-2,7-3)9-14/h8H,5-7,9H2,1-4H3,(H,15,18). The van der Waals surface area contributed by atoms with Crippen LogP contribution in [-0.4, -0.2) is 27.1 Å². The maximum atomic E-state index is 12.3. The molecule has 0 bridgehead atoms. The first-order valence-electron chi connectivity index (χ1n) is 6.43. The van der Waals surface area contributed by atoms with Crippen LogP contribution >= 0.6 is 11.6 Å². The minimum absolute atomic E-state index is 0.103. The van der Waals surface area contributed by atoms with Gasteiger partial charge in [0.1, 0.15) is 5.69 Å². The van der Waals surface area contributed by atoms with Gasteiger partial charge in [0.25, 0.3) is 5.91 Å². The average molecular weight is 272 g/mol. The third-order valence-corrected chi connectivity index (χ3v) is 4.02. The summed E-state index contributed by atoms with van der Waals surface area (Å²) in [5.74, 6) is 0.318. The largest absolute Gasteiger partial charge is 0.344 e. The number of hydrogen-bond donors (Lipinski definition) is 1. The Kier molecular flexibility index (Phi) is 5.20. The zero-order chi connectivity index (χ0) is 13.8. The first-order chi connectivity index (χ1) is 8.51. The van der Waals surface area contributed by atoms with Crippen molar-refractivity contribution in [2.75, 3.05) is 5.88 Å². The number of aryl methyl sites for hydroxylation is 2. The molecule has 1 N–H and O–H groups in total. The average Bonchev–Trinajstić information content (AvgIpc) is 2.77. The Hall–Kier alpha value is -1.03. The SMILES string of the molecule is CCc1cc(C(=O)NC(CC)(CC)CCl)n(C)n1. The Bertz CT molecular complexity index is 402. The monoisotopic (exact) mass is 271 g/mol. The Balaban J connectivity index is 2.90. The third kappa shape index (κ3) is 3.05. The Morgan fingerprint density at radius 1 is 1.44 bits per heavy atom. The maximum Gasteiger partial charge on any atom is 0.270 e.